The van der Waals surface area contributed by atoms with E-state index >= 15 is 0 Å². The molecule has 4 rings (SSSR count). The molecule has 1 aliphatic heterocycles. The molecular formula is C26H28F2N2O5. The number of hydrogen-bond donors (Lipinski definition) is 2. The van der Waals surface area contributed by atoms with Crippen LogP contribution in [0.5, 0.6) is 0 Å². The summed E-state index contributed by atoms with van der Waals surface area (Å²) in [5.41, 5.74) is 4.33. The molecule has 0 saturated carbocycles. The van der Waals surface area contributed by atoms with E-state index < -0.39 is 48.9 Å². The highest BCUT2D eigenvalue weighted by Gasteiger charge is 2.50. The second-order valence-electron chi connectivity index (χ2n) is 9.10. The number of carboxylic acid groups (broad SMARTS) is 1. The van der Waals surface area contributed by atoms with Gasteiger partial charge in [0.25, 0.3) is 5.92 Å². The number of alkyl halides is 2. The number of aliphatic carboxylic acids is 1. The average molecular weight is 487 g/mol. The van der Waals surface area contributed by atoms with Gasteiger partial charge in [-0.2, -0.15) is 0 Å². The van der Waals surface area contributed by atoms with Crippen LogP contribution in [-0.4, -0.2) is 59.1 Å². The van der Waals surface area contributed by atoms with Crippen LogP contribution in [0.15, 0.2) is 48.5 Å². The molecule has 1 heterocycles. The van der Waals surface area contributed by atoms with Gasteiger partial charge in [-0.3, -0.25) is 4.79 Å². The van der Waals surface area contributed by atoms with E-state index in [4.69, 9.17) is 4.74 Å². The summed E-state index contributed by atoms with van der Waals surface area (Å²) in [6, 6.07) is 13.6. The number of halogens is 2. The Bertz CT molecular complexity index is 1080. The van der Waals surface area contributed by atoms with Crippen LogP contribution in [-0.2, 0) is 14.3 Å². The van der Waals surface area contributed by atoms with Crippen LogP contribution in [0, 0.1) is 0 Å². The standard InChI is InChI=1S/C26H28F2N2O5/c1-2-7-16(12-23(31)30-15-26(27,28)13-22(30)24(32)33)29-25(34)35-14-21-19-10-5-3-8-17(19)18-9-4-6-11-20(18)21/h3-6,8-11,16,21-22H,2,7,12-15H2,1H3,(H,29,34)(H,32,33)/t16-,22?/m0/s1. The maximum atomic E-state index is 13.8. The Morgan fingerprint density at radius 2 is 1.71 bits per heavy atom. The molecule has 1 aliphatic carbocycles. The first-order chi connectivity index (χ1) is 16.7. The maximum Gasteiger partial charge on any atom is 0.407 e. The number of carbonyl (C=O) groups is 3. The number of benzene rings is 2. The van der Waals surface area contributed by atoms with Crippen LogP contribution in [0.1, 0.15) is 49.7 Å². The zero-order chi connectivity index (χ0) is 25.2. The van der Waals surface area contributed by atoms with E-state index in [1.807, 2.05) is 55.5 Å². The van der Waals surface area contributed by atoms with Crippen molar-refractivity contribution >= 4 is 18.0 Å². The number of ether oxygens (including phenoxy) is 1. The SMILES string of the molecule is CCC[C@@H](CC(=O)N1CC(F)(F)CC1C(=O)O)NC(=O)OCC1c2ccccc2-c2ccccc21. The van der Waals surface area contributed by atoms with Gasteiger partial charge in [-0.15, -0.1) is 0 Å². The Hall–Kier alpha value is -3.49. The summed E-state index contributed by atoms with van der Waals surface area (Å²) in [6.07, 6.45) is -0.859. The largest absolute Gasteiger partial charge is 0.480 e. The second kappa shape index (κ2) is 10.0. The van der Waals surface area contributed by atoms with Crippen LogP contribution < -0.4 is 5.32 Å². The molecule has 2 aromatic rings. The van der Waals surface area contributed by atoms with Gasteiger partial charge in [-0.05, 0) is 28.7 Å². The first kappa shape index (κ1) is 24.6. The van der Waals surface area contributed by atoms with E-state index in [0.29, 0.717) is 17.7 Å². The number of alkyl carbamates (subject to hydrolysis) is 1. The number of carbonyl (C=O) groups excluding carboxylic acids is 2. The predicted octanol–water partition coefficient (Wildman–Crippen LogP) is 4.40. The van der Waals surface area contributed by atoms with Crippen molar-refractivity contribution in [3.63, 3.8) is 0 Å². The topological polar surface area (TPSA) is 95.9 Å². The minimum atomic E-state index is -3.25. The van der Waals surface area contributed by atoms with Crippen molar-refractivity contribution in [3.8, 4) is 11.1 Å². The number of carboxylic acids is 1. The number of nitrogens with one attached hydrogen (secondary N) is 1. The normalized spacial score (nSPS) is 19.1. The summed E-state index contributed by atoms with van der Waals surface area (Å²) in [4.78, 5) is 37.4. The Morgan fingerprint density at radius 1 is 1.11 bits per heavy atom. The number of amides is 2. The number of rotatable bonds is 8. The van der Waals surface area contributed by atoms with Crippen LogP contribution in [0.2, 0.25) is 0 Å². The van der Waals surface area contributed by atoms with Crippen molar-refractivity contribution in [1.29, 1.82) is 0 Å². The van der Waals surface area contributed by atoms with Crippen LogP contribution in [0.4, 0.5) is 13.6 Å². The molecule has 2 aliphatic rings. The van der Waals surface area contributed by atoms with Gasteiger partial charge in [0.1, 0.15) is 12.6 Å². The molecule has 2 amide bonds. The van der Waals surface area contributed by atoms with E-state index in [-0.39, 0.29) is 18.9 Å². The van der Waals surface area contributed by atoms with Crippen LogP contribution in [0.3, 0.4) is 0 Å². The first-order valence-electron chi connectivity index (χ1n) is 11.7. The average Bonchev–Trinajstić information content (AvgIpc) is 3.32. The Kier molecular flexibility index (Phi) is 7.05. The molecule has 2 aromatic carbocycles. The monoisotopic (exact) mass is 486 g/mol. The van der Waals surface area contributed by atoms with E-state index in [2.05, 4.69) is 5.32 Å². The molecule has 0 spiro atoms. The van der Waals surface area contributed by atoms with Gasteiger partial charge in [0, 0.05) is 24.8 Å². The molecule has 35 heavy (non-hydrogen) atoms. The van der Waals surface area contributed by atoms with Crippen LogP contribution >= 0.6 is 0 Å². The predicted molar refractivity (Wildman–Crippen MR) is 124 cm³/mol. The summed E-state index contributed by atoms with van der Waals surface area (Å²) in [5, 5.41) is 11.9. The van der Waals surface area contributed by atoms with E-state index in [1.165, 1.54) is 0 Å². The molecule has 0 aromatic heterocycles. The number of nitrogens with zero attached hydrogens (tertiary/aromatic N) is 1. The number of fused-ring (bicyclic) bond motifs is 3. The van der Waals surface area contributed by atoms with Gasteiger partial charge in [0.15, 0.2) is 0 Å². The fourth-order valence-electron chi connectivity index (χ4n) is 5.01. The Balaban J connectivity index is 1.38. The fraction of sp³-hybridized carbons (Fsp3) is 0.423. The molecule has 2 N–H and O–H groups in total. The Morgan fingerprint density at radius 3 is 2.29 bits per heavy atom. The van der Waals surface area contributed by atoms with E-state index in [1.54, 1.807) is 0 Å². The third-order valence-corrected chi connectivity index (χ3v) is 6.60. The smallest absolute Gasteiger partial charge is 0.407 e. The third-order valence-electron chi connectivity index (χ3n) is 6.60. The summed E-state index contributed by atoms with van der Waals surface area (Å²) in [5.74, 6) is -5.57. The number of hydrogen-bond acceptors (Lipinski definition) is 4. The lowest BCUT2D eigenvalue weighted by Crippen LogP contribution is -2.45. The molecule has 0 radical (unpaired) electrons. The fourth-order valence-corrected chi connectivity index (χ4v) is 5.01. The lowest BCUT2D eigenvalue weighted by Gasteiger charge is -2.24. The highest BCUT2D eigenvalue weighted by molar-refractivity contribution is 5.85. The van der Waals surface area contributed by atoms with Crippen molar-refractivity contribution in [2.45, 2.75) is 56.5 Å². The molecule has 1 saturated heterocycles. The maximum absolute atomic E-state index is 13.8. The Labute approximate surface area is 202 Å². The lowest BCUT2D eigenvalue weighted by atomic mass is 9.98. The lowest BCUT2D eigenvalue weighted by molar-refractivity contribution is -0.148. The zero-order valence-electron chi connectivity index (χ0n) is 19.4. The van der Waals surface area contributed by atoms with Gasteiger partial charge >= 0.3 is 12.1 Å². The van der Waals surface area contributed by atoms with Gasteiger partial charge in [0.05, 0.1) is 6.54 Å². The quantitative estimate of drug-likeness (QED) is 0.577. The molecule has 2 atom stereocenters. The number of likely N-dealkylation sites (tertiary alicyclic amines) is 1. The summed E-state index contributed by atoms with van der Waals surface area (Å²) < 4.78 is 33.1. The molecule has 1 unspecified atom stereocenters. The van der Waals surface area contributed by atoms with Gasteiger partial charge in [-0.25, -0.2) is 18.4 Å². The molecular weight excluding hydrogens is 458 g/mol. The molecule has 7 nitrogen and oxygen atoms in total. The summed E-state index contributed by atoms with van der Waals surface area (Å²) in [6.45, 7) is 1.03. The molecule has 186 valence electrons. The molecule has 0 bridgehead atoms. The minimum Gasteiger partial charge on any atom is -0.480 e. The minimum absolute atomic E-state index is 0.103. The summed E-state index contributed by atoms with van der Waals surface area (Å²) >= 11 is 0. The van der Waals surface area contributed by atoms with E-state index in [9.17, 15) is 28.3 Å². The highest BCUT2D eigenvalue weighted by atomic mass is 19.3. The van der Waals surface area contributed by atoms with Gasteiger partial charge in [0.2, 0.25) is 5.91 Å². The first-order valence-corrected chi connectivity index (χ1v) is 11.7. The van der Waals surface area contributed by atoms with Crippen molar-refractivity contribution in [2.75, 3.05) is 13.2 Å². The van der Waals surface area contributed by atoms with Gasteiger partial charge in [-0.1, -0.05) is 61.9 Å². The van der Waals surface area contributed by atoms with Crippen molar-refractivity contribution in [1.82, 2.24) is 10.2 Å². The van der Waals surface area contributed by atoms with Crippen molar-refractivity contribution in [2.24, 2.45) is 0 Å². The highest BCUT2D eigenvalue weighted by Crippen LogP contribution is 2.44. The zero-order valence-corrected chi connectivity index (χ0v) is 19.4. The molecule has 1 fully saturated rings. The van der Waals surface area contributed by atoms with Crippen LogP contribution in [0.25, 0.3) is 11.1 Å². The molecule has 9 heteroatoms. The van der Waals surface area contributed by atoms with E-state index in [0.717, 1.165) is 22.3 Å². The van der Waals surface area contributed by atoms with Gasteiger partial charge < -0.3 is 20.1 Å². The van der Waals surface area contributed by atoms with Crippen molar-refractivity contribution in [3.05, 3.63) is 59.7 Å². The van der Waals surface area contributed by atoms with Crippen molar-refractivity contribution < 1.29 is 33.0 Å². The third kappa shape index (κ3) is 5.28. The summed E-state index contributed by atoms with van der Waals surface area (Å²) in [7, 11) is 0. The second-order valence-corrected chi connectivity index (χ2v) is 9.10.